The first-order valence-corrected chi connectivity index (χ1v) is 7.61. The van der Waals surface area contributed by atoms with E-state index >= 15 is 0 Å². The Hall–Kier alpha value is -1.08. The number of amides is 1. The number of carbonyl (C=O) groups excluding carboxylic acids is 1. The molecular weight excluding hydrogens is 238 g/mol. The van der Waals surface area contributed by atoms with Crippen LogP contribution in [-0.2, 0) is 4.79 Å². The molecule has 0 aromatic heterocycles. The summed E-state index contributed by atoms with van der Waals surface area (Å²) in [7, 11) is 0. The van der Waals surface area contributed by atoms with Crippen LogP contribution in [0.4, 0.5) is 0 Å². The predicted molar refractivity (Wildman–Crippen MR) is 72.1 cm³/mol. The lowest BCUT2D eigenvalue weighted by atomic mass is 9.75. The maximum Gasteiger partial charge on any atom is 0.237 e. The van der Waals surface area contributed by atoms with Gasteiger partial charge in [0, 0.05) is 12.6 Å². The van der Waals surface area contributed by atoms with Crippen molar-refractivity contribution in [3.63, 3.8) is 0 Å². The normalized spacial score (nSPS) is 40.6. The summed E-state index contributed by atoms with van der Waals surface area (Å²) in [6.07, 6.45) is 6.10. The Kier molecular flexibility index (Phi) is 3.49. The Bertz CT molecular complexity index is 403. The van der Waals surface area contributed by atoms with Crippen LogP contribution in [0, 0.1) is 29.1 Å². The van der Waals surface area contributed by atoms with Gasteiger partial charge in [0.1, 0.15) is 6.04 Å². The van der Waals surface area contributed by atoms with Crippen molar-refractivity contribution >= 4 is 5.91 Å². The first kappa shape index (κ1) is 12.9. The van der Waals surface area contributed by atoms with Crippen LogP contribution < -0.4 is 5.32 Å². The highest BCUT2D eigenvalue weighted by Gasteiger charge is 2.42. The number of hydrogen-bond donors (Lipinski definition) is 1. The van der Waals surface area contributed by atoms with Gasteiger partial charge in [-0.1, -0.05) is 6.92 Å². The number of rotatable bonds is 3. The van der Waals surface area contributed by atoms with Crippen molar-refractivity contribution in [1.29, 1.82) is 5.26 Å². The molecule has 1 saturated heterocycles. The molecule has 1 heterocycles. The van der Waals surface area contributed by atoms with Crippen molar-refractivity contribution < 1.29 is 4.79 Å². The van der Waals surface area contributed by atoms with E-state index in [9.17, 15) is 4.79 Å². The van der Waals surface area contributed by atoms with Crippen molar-refractivity contribution in [3.05, 3.63) is 0 Å². The van der Waals surface area contributed by atoms with Gasteiger partial charge in [0.2, 0.25) is 5.91 Å². The van der Waals surface area contributed by atoms with Crippen LogP contribution in [0.2, 0.25) is 0 Å². The highest BCUT2D eigenvalue weighted by molar-refractivity contribution is 5.79. The Balaban J connectivity index is 1.50. The van der Waals surface area contributed by atoms with Gasteiger partial charge in [0.25, 0.3) is 0 Å². The lowest BCUT2D eigenvalue weighted by molar-refractivity contribution is -0.130. The van der Waals surface area contributed by atoms with Crippen molar-refractivity contribution in [3.8, 4) is 6.07 Å². The van der Waals surface area contributed by atoms with Gasteiger partial charge in [-0.3, -0.25) is 4.79 Å². The van der Waals surface area contributed by atoms with Gasteiger partial charge in [-0.15, -0.1) is 0 Å². The summed E-state index contributed by atoms with van der Waals surface area (Å²) in [6, 6.07) is 2.60. The molecule has 1 N–H and O–H groups in total. The zero-order valence-electron chi connectivity index (χ0n) is 11.6. The molecule has 104 valence electrons. The van der Waals surface area contributed by atoms with Gasteiger partial charge in [-0.05, 0) is 49.9 Å². The molecule has 0 bridgehead atoms. The molecular formula is C15H23N3O. The Morgan fingerprint density at radius 2 is 2.16 bits per heavy atom. The summed E-state index contributed by atoms with van der Waals surface area (Å²) < 4.78 is 0. The van der Waals surface area contributed by atoms with Gasteiger partial charge in [0.05, 0.1) is 12.6 Å². The molecule has 1 amide bonds. The van der Waals surface area contributed by atoms with Crippen molar-refractivity contribution in [2.24, 2.45) is 17.8 Å². The average Bonchev–Trinajstić information content (AvgIpc) is 2.87. The number of hydrogen-bond acceptors (Lipinski definition) is 3. The van der Waals surface area contributed by atoms with Gasteiger partial charge in [0.15, 0.2) is 0 Å². The molecule has 4 nitrogen and oxygen atoms in total. The zero-order chi connectivity index (χ0) is 13.4. The SMILES string of the molecule is CC1CC(C#N)N(C(=O)CNC2CCC3CCC32)C1. The first-order valence-electron chi connectivity index (χ1n) is 7.61. The van der Waals surface area contributed by atoms with E-state index in [-0.39, 0.29) is 11.9 Å². The van der Waals surface area contributed by atoms with E-state index in [1.165, 1.54) is 25.7 Å². The molecule has 1 aliphatic heterocycles. The summed E-state index contributed by atoms with van der Waals surface area (Å²) in [5, 5.41) is 12.6. The molecule has 0 aromatic carbocycles. The second kappa shape index (κ2) is 5.13. The lowest BCUT2D eigenvalue weighted by Crippen LogP contribution is -2.46. The molecule has 3 aliphatic rings. The number of fused-ring (bicyclic) bond motifs is 1. The maximum atomic E-state index is 12.2. The number of nitriles is 1. The minimum absolute atomic E-state index is 0.110. The van der Waals surface area contributed by atoms with Crippen LogP contribution in [0.5, 0.6) is 0 Å². The molecule has 0 radical (unpaired) electrons. The molecule has 19 heavy (non-hydrogen) atoms. The van der Waals surface area contributed by atoms with Crippen molar-refractivity contribution in [2.75, 3.05) is 13.1 Å². The first-order chi connectivity index (χ1) is 9.19. The maximum absolute atomic E-state index is 12.2. The van der Waals surface area contributed by atoms with Crippen LogP contribution in [0.25, 0.3) is 0 Å². The minimum atomic E-state index is -0.204. The van der Waals surface area contributed by atoms with E-state index < -0.39 is 0 Å². The Labute approximate surface area is 115 Å². The van der Waals surface area contributed by atoms with E-state index in [0.717, 1.165) is 24.8 Å². The Morgan fingerprint density at radius 3 is 2.79 bits per heavy atom. The molecule has 2 saturated carbocycles. The highest BCUT2D eigenvalue weighted by Crippen LogP contribution is 2.46. The summed E-state index contributed by atoms with van der Waals surface area (Å²) in [4.78, 5) is 14.0. The van der Waals surface area contributed by atoms with Gasteiger partial charge in [-0.25, -0.2) is 0 Å². The van der Waals surface area contributed by atoms with E-state index in [0.29, 0.717) is 18.5 Å². The third kappa shape index (κ3) is 2.36. The summed E-state index contributed by atoms with van der Waals surface area (Å²) in [6.45, 7) is 3.27. The topological polar surface area (TPSA) is 56.1 Å². The second-order valence-corrected chi connectivity index (χ2v) is 6.60. The molecule has 5 atom stereocenters. The van der Waals surface area contributed by atoms with E-state index in [1.54, 1.807) is 4.90 Å². The zero-order valence-corrected chi connectivity index (χ0v) is 11.6. The van der Waals surface area contributed by atoms with Crippen LogP contribution in [0.15, 0.2) is 0 Å². The Morgan fingerprint density at radius 1 is 1.37 bits per heavy atom. The van der Waals surface area contributed by atoms with Crippen LogP contribution in [0.1, 0.15) is 39.0 Å². The van der Waals surface area contributed by atoms with Crippen molar-refractivity contribution in [1.82, 2.24) is 10.2 Å². The lowest BCUT2D eigenvalue weighted by Gasteiger charge is -2.34. The van der Waals surface area contributed by atoms with Gasteiger partial charge < -0.3 is 10.2 Å². The molecule has 0 aromatic rings. The third-order valence-corrected chi connectivity index (χ3v) is 5.34. The molecule has 2 aliphatic carbocycles. The number of nitrogens with one attached hydrogen (secondary N) is 1. The quantitative estimate of drug-likeness (QED) is 0.838. The second-order valence-electron chi connectivity index (χ2n) is 6.60. The fourth-order valence-electron chi connectivity index (χ4n) is 4.11. The van der Waals surface area contributed by atoms with Crippen molar-refractivity contribution in [2.45, 2.75) is 51.1 Å². The third-order valence-electron chi connectivity index (χ3n) is 5.34. The predicted octanol–water partition coefficient (Wildman–Crippen LogP) is 1.53. The number of nitrogens with zero attached hydrogens (tertiary/aromatic N) is 2. The van der Waals surface area contributed by atoms with E-state index in [1.807, 2.05) is 0 Å². The van der Waals surface area contributed by atoms with E-state index in [2.05, 4.69) is 18.3 Å². The fourth-order valence-corrected chi connectivity index (χ4v) is 4.11. The molecule has 3 rings (SSSR count). The van der Waals surface area contributed by atoms with Crippen LogP contribution in [-0.4, -0.2) is 36.0 Å². The number of carbonyl (C=O) groups is 1. The molecule has 5 unspecified atom stereocenters. The summed E-state index contributed by atoms with van der Waals surface area (Å²) in [5.41, 5.74) is 0. The fraction of sp³-hybridized carbons (Fsp3) is 0.867. The van der Waals surface area contributed by atoms with Gasteiger partial charge >= 0.3 is 0 Å². The van der Waals surface area contributed by atoms with Crippen LogP contribution >= 0.6 is 0 Å². The average molecular weight is 261 g/mol. The van der Waals surface area contributed by atoms with Gasteiger partial charge in [-0.2, -0.15) is 5.26 Å². The largest absolute Gasteiger partial charge is 0.325 e. The minimum Gasteiger partial charge on any atom is -0.325 e. The number of likely N-dealkylation sites (tertiary alicyclic amines) is 1. The smallest absolute Gasteiger partial charge is 0.237 e. The van der Waals surface area contributed by atoms with E-state index in [4.69, 9.17) is 5.26 Å². The standard InChI is InChI=1S/C15H23N3O/c1-10-6-12(7-16)18(9-10)15(19)8-17-14-5-3-11-2-4-13(11)14/h10-14,17H,2-6,8-9H2,1H3. The summed E-state index contributed by atoms with van der Waals surface area (Å²) in [5.74, 6) is 2.30. The monoisotopic (exact) mass is 261 g/mol. The molecule has 0 spiro atoms. The highest BCUT2D eigenvalue weighted by atomic mass is 16.2. The molecule has 3 fully saturated rings. The molecule has 4 heteroatoms. The van der Waals surface area contributed by atoms with Crippen LogP contribution in [0.3, 0.4) is 0 Å². The summed E-state index contributed by atoms with van der Waals surface area (Å²) >= 11 is 0.